The average Bonchev–Trinajstić information content (AvgIpc) is 2.86. The van der Waals surface area contributed by atoms with Gasteiger partial charge in [0, 0.05) is 24.5 Å². The molecule has 112 valence electrons. The van der Waals surface area contributed by atoms with Gasteiger partial charge in [0.2, 0.25) is 5.78 Å². The number of aromatic nitrogens is 3. The van der Waals surface area contributed by atoms with Crippen LogP contribution in [0.3, 0.4) is 0 Å². The monoisotopic (exact) mass is 296 g/mol. The molecule has 0 fully saturated rings. The van der Waals surface area contributed by atoms with E-state index in [1.165, 1.54) is 0 Å². The van der Waals surface area contributed by atoms with E-state index in [0.717, 1.165) is 17.0 Å². The SMILES string of the molecule is CN(CC(=O)O)Cc1c(-c2ccccc2)nc2ncccn12. The summed E-state index contributed by atoms with van der Waals surface area (Å²) in [4.78, 5) is 21.5. The Morgan fingerprint density at radius 2 is 2.05 bits per heavy atom. The average molecular weight is 296 g/mol. The Labute approximate surface area is 127 Å². The fourth-order valence-electron chi connectivity index (χ4n) is 2.46. The van der Waals surface area contributed by atoms with E-state index in [-0.39, 0.29) is 6.54 Å². The van der Waals surface area contributed by atoms with Gasteiger partial charge in [-0.1, -0.05) is 30.3 Å². The Kier molecular flexibility index (Phi) is 3.84. The van der Waals surface area contributed by atoms with E-state index in [0.29, 0.717) is 12.3 Å². The second-order valence-corrected chi connectivity index (χ2v) is 5.13. The van der Waals surface area contributed by atoms with Crippen LogP contribution < -0.4 is 0 Å². The number of nitrogens with zero attached hydrogens (tertiary/aromatic N) is 4. The second kappa shape index (κ2) is 5.95. The summed E-state index contributed by atoms with van der Waals surface area (Å²) >= 11 is 0. The molecule has 3 aromatic rings. The van der Waals surface area contributed by atoms with Gasteiger partial charge in [0.25, 0.3) is 0 Å². The van der Waals surface area contributed by atoms with Crippen LogP contribution in [0.5, 0.6) is 0 Å². The minimum atomic E-state index is -0.851. The van der Waals surface area contributed by atoms with E-state index in [1.807, 2.05) is 47.0 Å². The summed E-state index contributed by atoms with van der Waals surface area (Å²) in [6.45, 7) is 0.450. The maximum atomic E-state index is 10.9. The summed E-state index contributed by atoms with van der Waals surface area (Å²) in [6.07, 6.45) is 3.59. The number of hydrogen-bond acceptors (Lipinski definition) is 4. The van der Waals surface area contributed by atoms with Crippen LogP contribution in [0.4, 0.5) is 0 Å². The van der Waals surface area contributed by atoms with E-state index < -0.39 is 5.97 Å². The molecule has 0 aliphatic rings. The third-order valence-corrected chi connectivity index (χ3v) is 3.37. The minimum Gasteiger partial charge on any atom is -0.480 e. The standard InChI is InChI=1S/C16H16N4O2/c1-19(11-14(21)22)10-13-15(12-6-3-2-4-7-12)18-16-17-8-5-9-20(13)16/h2-9H,10-11H2,1H3,(H,21,22). The Morgan fingerprint density at radius 3 is 2.77 bits per heavy atom. The van der Waals surface area contributed by atoms with Crippen LogP contribution in [0.2, 0.25) is 0 Å². The number of benzene rings is 1. The van der Waals surface area contributed by atoms with Crippen LogP contribution in [-0.4, -0.2) is 43.9 Å². The largest absolute Gasteiger partial charge is 0.480 e. The number of carboxylic acid groups (broad SMARTS) is 1. The fourth-order valence-corrected chi connectivity index (χ4v) is 2.46. The molecular formula is C16H16N4O2. The first kappa shape index (κ1) is 14.2. The first-order valence-corrected chi connectivity index (χ1v) is 6.93. The molecule has 0 radical (unpaired) electrons. The van der Waals surface area contributed by atoms with Gasteiger partial charge in [0.15, 0.2) is 0 Å². The van der Waals surface area contributed by atoms with Crippen molar-refractivity contribution in [3.8, 4) is 11.3 Å². The number of carbonyl (C=O) groups is 1. The molecule has 6 heteroatoms. The smallest absolute Gasteiger partial charge is 0.317 e. The number of hydrogen-bond donors (Lipinski definition) is 1. The quantitative estimate of drug-likeness (QED) is 0.779. The number of aliphatic carboxylic acids is 1. The first-order valence-electron chi connectivity index (χ1n) is 6.93. The Hall–Kier alpha value is -2.73. The number of rotatable bonds is 5. The Morgan fingerprint density at radius 1 is 1.27 bits per heavy atom. The number of fused-ring (bicyclic) bond motifs is 1. The van der Waals surface area contributed by atoms with Crippen LogP contribution >= 0.6 is 0 Å². The van der Waals surface area contributed by atoms with Crippen molar-refractivity contribution in [2.45, 2.75) is 6.54 Å². The lowest BCUT2D eigenvalue weighted by atomic mass is 10.1. The predicted octanol–water partition coefficient (Wildman–Crippen LogP) is 1.91. The molecule has 0 saturated carbocycles. The lowest BCUT2D eigenvalue weighted by Gasteiger charge is -2.14. The highest BCUT2D eigenvalue weighted by Gasteiger charge is 2.16. The molecule has 0 unspecified atom stereocenters. The van der Waals surface area contributed by atoms with Gasteiger partial charge in [-0.15, -0.1) is 0 Å². The Balaban J connectivity index is 2.07. The van der Waals surface area contributed by atoms with Gasteiger partial charge in [0.1, 0.15) is 0 Å². The third-order valence-electron chi connectivity index (χ3n) is 3.37. The molecule has 0 spiro atoms. The lowest BCUT2D eigenvalue weighted by Crippen LogP contribution is -2.26. The second-order valence-electron chi connectivity index (χ2n) is 5.13. The van der Waals surface area contributed by atoms with Gasteiger partial charge in [-0.05, 0) is 13.1 Å². The van der Waals surface area contributed by atoms with Crippen molar-refractivity contribution in [2.75, 3.05) is 13.6 Å². The van der Waals surface area contributed by atoms with Crippen molar-refractivity contribution < 1.29 is 9.90 Å². The molecular weight excluding hydrogens is 280 g/mol. The molecule has 2 aromatic heterocycles. The molecule has 0 atom stereocenters. The molecule has 0 bridgehead atoms. The molecule has 22 heavy (non-hydrogen) atoms. The molecule has 6 nitrogen and oxygen atoms in total. The van der Waals surface area contributed by atoms with Crippen molar-refractivity contribution in [1.82, 2.24) is 19.3 Å². The van der Waals surface area contributed by atoms with Gasteiger partial charge in [-0.2, -0.15) is 0 Å². The highest BCUT2D eigenvalue weighted by atomic mass is 16.4. The summed E-state index contributed by atoms with van der Waals surface area (Å²) in [7, 11) is 1.78. The number of carboxylic acids is 1. The molecule has 0 aliphatic carbocycles. The van der Waals surface area contributed by atoms with E-state index in [1.54, 1.807) is 18.1 Å². The Bertz CT molecular complexity index is 798. The molecule has 0 saturated heterocycles. The van der Waals surface area contributed by atoms with Gasteiger partial charge >= 0.3 is 5.97 Å². The van der Waals surface area contributed by atoms with Crippen LogP contribution in [0, 0.1) is 0 Å². The fraction of sp³-hybridized carbons (Fsp3) is 0.188. The van der Waals surface area contributed by atoms with Crippen LogP contribution in [0.15, 0.2) is 48.8 Å². The minimum absolute atomic E-state index is 0.0261. The zero-order valence-electron chi connectivity index (χ0n) is 12.2. The molecule has 2 heterocycles. The van der Waals surface area contributed by atoms with Crippen molar-refractivity contribution >= 4 is 11.7 Å². The molecule has 1 N–H and O–H groups in total. The van der Waals surface area contributed by atoms with Crippen LogP contribution in [-0.2, 0) is 11.3 Å². The van der Waals surface area contributed by atoms with Crippen LogP contribution in [0.25, 0.3) is 17.0 Å². The molecule has 3 rings (SSSR count). The van der Waals surface area contributed by atoms with E-state index in [2.05, 4.69) is 9.97 Å². The summed E-state index contributed by atoms with van der Waals surface area (Å²) in [5, 5.41) is 8.94. The number of imidazole rings is 1. The molecule has 0 amide bonds. The van der Waals surface area contributed by atoms with E-state index in [4.69, 9.17) is 5.11 Å². The summed E-state index contributed by atoms with van der Waals surface area (Å²) in [6, 6.07) is 11.7. The zero-order chi connectivity index (χ0) is 15.5. The van der Waals surface area contributed by atoms with Gasteiger partial charge in [-0.3, -0.25) is 14.1 Å². The maximum absolute atomic E-state index is 10.9. The van der Waals surface area contributed by atoms with E-state index in [9.17, 15) is 4.79 Å². The van der Waals surface area contributed by atoms with Gasteiger partial charge in [-0.25, -0.2) is 9.97 Å². The normalized spacial score (nSPS) is 11.2. The van der Waals surface area contributed by atoms with Crippen molar-refractivity contribution in [2.24, 2.45) is 0 Å². The topological polar surface area (TPSA) is 70.7 Å². The highest BCUT2D eigenvalue weighted by Crippen LogP contribution is 2.24. The van der Waals surface area contributed by atoms with Gasteiger partial charge < -0.3 is 5.11 Å². The predicted molar refractivity (Wildman–Crippen MR) is 82.4 cm³/mol. The first-order chi connectivity index (χ1) is 10.6. The lowest BCUT2D eigenvalue weighted by molar-refractivity contribution is -0.138. The summed E-state index contributed by atoms with van der Waals surface area (Å²) < 4.78 is 1.90. The van der Waals surface area contributed by atoms with E-state index >= 15 is 0 Å². The van der Waals surface area contributed by atoms with Crippen molar-refractivity contribution in [3.63, 3.8) is 0 Å². The third kappa shape index (κ3) is 2.82. The highest BCUT2D eigenvalue weighted by molar-refractivity contribution is 5.69. The van der Waals surface area contributed by atoms with Gasteiger partial charge in [0.05, 0.1) is 17.9 Å². The van der Waals surface area contributed by atoms with Crippen molar-refractivity contribution in [3.05, 3.63) is 54.5 Å². The van der Waals surface area contributed by atoms with Crippen molar-refractivity contribution in [1.29, 1.82) is 0 Å². The summed E-state index contributed by atoms with van der Waals surface area (Å²) in [5.41, 5.74) is 2.75. The maximum Gasteiger partial charge on any atom is 0.317 e. The number of likely N-dealkylation sites (N-methyl/N-ethyl adjacent to an activating group) is 1. The zero-order valence-corrected chi connectivity index (χ0v) is 12.2. The van der Waals surface area contributed by atoms with Crippen LogP contribution in [0.1, 0.15) is 5.69 Å². The molecule has 1 aromatic carbocycles. The summed E-state index contributed by atoms with van der Waals surface area (Å²) in [5.74, 6) is -0.240. The molecule has 0 aliphatic heterocycles.